The topological polar surface area (TPSA) is 79.9 Å². The predicted octanol–water partition coefficient (Wildman–Crippen LogP) is 3.39. The Morgan fingerprint density at radius 2 is 2.17 bits per heavy atom. The summed E-state index contributed by atoms with van der Waals surface area (Å²) in [7, 11) is 1.53. The summed E-state index contributed by atoms with van der Waals surface area (Å²) in [5, 5.41) is 9.71. The lowest BCUT2D eigenvalue weighted by atomic mass is 10.1. The maximum absolute atomic E-state index is 12.2. The highest BCUT2D eigenvalue weighted by Crippen LogP contribution is 2.33. The van der Waals surface area contributed by atoms with Crippen molar-refractivity contribution in [3.63, 3.8) is 0 Å². The number of methoxy groups -OCH3 is 1. The number of halogens is 1. The quantitative estimate of drug-likeness (QED) is 0.769. The van der Waals surface area contributed by atoms with Gasteiger partial charge < -0.3 is 10.1 Å². The lowest BCUT2D eigenvalue weighted by molar-refractivity contribution is 0.102. The number of aromatic nitrogens is 3. The van der Waals surface area contributed by atoms with E-state index in [1.54, 1.807) is 48.8 Å². The minimum Gasteiger partial charge on any atom is -0.496 e. The van der Waals surface area contributed by atoms with Crippen LogP contribution in [0.2, 0.25) is 5.02 Å². The van der Waals surface area contributed by atoms with Crippen LogP contribution in [0.4, 0.5) is 5.82 Å². The van der Waals surface area contributed by atoms with Gasteiger partial charge in [0.15, 0.2) is 5.82 Å². The van der Waals surface area contributed by atoms with Crippen molar-refractivity contribution in [2.75, 3.05) is 12.4 Å². The summed E-state index contributed by atoms with van der Waals surface area (Å²) in [6, 6.07) is 10.3. The minimum atomic E-state index is -0.283. The number of amides is 1. The summed E-state index contributed by atoms with van der Waals surface area (Å²) in [5.41, 5.74) is 1.76. The van der Waals surface area contributed by atoms with E-state index in [1.165, 1.54) is 7.11 Å². The monoisotopic (exact) mass is 328 g/mol. The van der Waals surface area contributed by atoms with Crippen molar-refractivity contribution < 1.29 is 9.53 Å². The molecule has 0 saturated heterocycles. The van der Waals surface area contributed by atoms with E-state index in [-0.39, 0.29) is 5.91 Å². The molecule has 2 aromatic heterocycles. The summed E-state index contributed by atoms with van der Waals surface area (Å²) in [5.74, 6) is 0.681. The van der Waals surface area contributed by atoms with Crippen LogP contribution in [0.15, 0.2) is 48.8 Å². The summed E-state index contributed by atoms with van der Waals surface area (Å²) >= 11 is 6.18. The third-order valence-corrected chi connectivity index (χ3v) is 3.52. The molecule has 3 aromatic rings. The average molecular weight is 329 g/mol. The summed E-state index contributed by atoms with van der Waals surface area (Å²) in [6.07, 6.45) is 3.28. The molecule has 1 aromatic carbocycles. The number of pyridine rings is 1. The lowest BCUT2D eigenvalue weighted by Crippen LogP contribution is -2.12. The Bertz CT molecular complexity index is 834. The van der Waals surface area contributed by atoms with E-state index in [2.05, 4.69) is 20.5 Å². The number of benzene rings is 1. The van der Waals surface area contributed by atoms with Crippen LogP contribution in [-0.4, -0.2) is 28.2 Å². The fraction of sp³-hybridized carbons (Fsp3) is 0.0625. The fourth-order valence-corrected chi connectivity index (χ4v) is 2.35. The molecule has 1 amide bonds. The van der Waals surface area contributed by atoms with Crippen LogP contribution in [0, 0.1) is 0 Å². The van der Waals surface area contributed by atoms with Crippen LogP contribution in [0.1, 0.15) is 10.4 Å². The standard InChI is InChI=1S/C16H13ClN4O2/c1-23-13-9-10(16(22)20-14-6-8-19-21-14)4-5-11(13)15-12(17)3-2-7-18-15/h2-9H,1H3,(H2,19,20,21,22). The largest absolute Gasteiger partial charge is 0.496 e. The second-order valence-electron chi connectivity index (χ2n) is 4.66. The number of carbonyl (C=O) groups is 1. The highest BCUT2D eigenvalue weighted by Gasteiger charge is 2.14. The first-order valence-electron chi connectivity index (χ1n) is 6.79. The first-order chi connectivity index (χ1) is 11.2. The van der Waals surface area contributed by atoms with Gasteiger partial charge in [0.25, 0.3) is 5.91 Å². The number of hydrogen-bond donors (Lipinski definition) is 2. The number of aromatic amines is 1. The van der Waals surface area contributed by atoms with Crippen molar-refractivity contribution in [1.29, 1.82) is 0 Å². The van der Waals surface area contributed by atoms with E-state index >= 15 is 0 Å². The van der Waals surface area contributed by atoms with E-state index in [4.69, 9.17) is 16.3 Å². The van der Waals surface area contributed by atoms with Crippen LogP contribution in [0.3, 0.4) is 0 Å². The summed E-state index contributed by atoms with van der Waals surface area (Å²) in [4.78, 5) is 16.5. The number of nitrogens with zero attached hydrogens (tertiary/aromatic N) is 2. The van der Waals surface area contributed by atoms with Gasteiger partial charge in [-0.1, -0.05) is 11.6 Å². The van der Waals surface area contributed by atoms with Gasteiger partial charge in [-0.25, -0.2) is 0 Å². The number of carbonyl (C=O) groups excluding carboxylic acids is 1. The van der Waals surface area contributed by atoms with E-state index in [0.717, 1.165) is 5.56 Å². The zero-order valence-electron chi connectivity index (χ0n) is 12.2. The molecule has 23 heavy (non-hydrogen) atoms. The molecule has 6 nitrogen and oxygen atoms in total. The van der Waals surface area contributed by atoms with E-state index in [1.807, 2.05) is 0 Å². The maximum atomic E-state index is 12.2. The Morgan fingerprint density at radius 3 is 2.87 bits per heavy atom. The van der Waals surface area contributed by atoms with E-state index in [9.17, 15) is 4.79 Å². The minimum absolute atomic E-state index is 0.283. The normalized spacial score (nSPS) is 10.3. The van der Waals surface area contributed by atoms with Crippen LogP contribution in [0.5, 0.6) is 5.75 Å². The molecule has 0 spiro atoms. The van der Waals surface area contributed by atoms with Gasteiger partial charge in [0, 0.05) is 29.6 Å². The molecule has 0 saturated carbocycles. The zero-order chi connectivity index (χ0) is 16.2. The molecule has 0 radical (unpaired) electrons. The van der Waals surface area contributed by atoms with Gasteiger partial charge in [-0.3, -0.25) is 14.9 Å². The average Bonchev–Trinajstić information content (AvgIpc) is 3.08. The first-order valence-corrected chi connectivity index (χ1v) is 7.17. The first kappa shape index (κ1) is 15.1. The Kier molecular flexibility index (Phi) is 4.25. The molecule has 0 bridgehead atoms. The Morgan fingerprint density at radius 1 is 1.30 bits per heavy atom. The molecule has 0 fully saturated rings. The van der Waals surface area contributed by atoms with Crippen molar-refractivity contribution in [2.45, 2.75) is 0 Å². The number of nitrogens with one attached hydrogen (secondary N) is 2. The molecule has 0 atom stereocenters. The van der Waals surface area contributed by atoms with Gasteiger partial charge in [0.2, 0.25) is 0 Å². The molecule has 0 aliphatic rings. The number of H-pyrrole nitrogens is 1. The molecule has 2 heterocycles. The van der Waals surface area contributed by atoms with Crippen molar-refractivity contribution in [1.82, 2.24) is 15.2 Å². The molecule has 0 unspecified atom stereocenters. The van der Waals surface area contributed by atoms with Crippen LogP contribution in [0.25, 0.3) is 11.3 Å². The fourth-order valence-electron chi connectivity index (χ4n) is 2.13. The molecular formula is C16H13ClN4O2. The van der Waals surface area contributed by atoms with Crippen molar-refractivity contribution in [3.05, 3.63) is 59.4 Å². The Balaban J connectivity index is 1.94. The van der Waals surface area contributed by atoms with Gasteiger partial charge in [0.1, 0.15) is 5.75 Å². The highest BCUT2D eigenvalue weighted by atomic mass is 35.5. The van der Waals surface area contributed by atoms with Gasteiger partial charge in [-0.15, -0.1) is 0 Å². The van der Waals surface area contributed by atoms with Crippen molar-refractivity contribution in [2.24, 2.45) is 0 Å². The molecule has 0 aliphatic heterocycles. The molecular weight excluding hydrogens is 316 g/mol. The van der Waals surface area contributed by atoms with E-state index < -0.39 is 0 Å². The van der Waals surface area contributed by atoms with Crippen LogP contribution >= 0.6 is 11.6 Å². The van der Waals surface area contributed by atoms with Crippen LogP contribution < -0.4 is 10.1 Å². The molecule has 7 heteroatoms. The summed E-state index contributed by atoms with van der Waals surface area (Å²) in [6.45, 7) is 0. The Labute approximate surface area is 137 Å². The molecule has 116 valence electrons. The van der Waals surface area contributed by atoms with Crippen LogP contribution in [-0.2, 0) is 0 Å². The third kappa shape index (κ3) is 3.17. The molecule has 2 N–H and O–H groups in total. The third-order valence-electron chi connectivity index (χ3n) is 3.22. The molecule has 0 aliphatic carbocycles. The lowest BCUT2D eigenvalue weighted by Gasteiger charge is -2.11. The number of ether oxygens (including phenoxy) is 1. The molecule has 3 rings (SSSR count). The van der Waals surface area contributed by atoms with Crippen molar-refractivity contribution in [3.8, 4) is 17.0 Å². The second-order valence-corrected chi connectivity index (χ2v) is 5.07. The van der Waals surface area contributed by atoms with Gasteiger partial charge in [-0.05, 0) is 30.3 Å². The van der Waals surface area contributed by atoms with E-state index in [0.29, 0.717) is 27.8 Å². The second kappa shape index (κ2) is 6.50. The Hall–Kier alpha value is -2.86. The SMILES string of the molecule is COc1cc(C(=O)Nc2cc[nH]n2)ccc1-c1ncccc1Cl. The maximum Gasteiger partial charge on any atom is 0.256 e. The van der Waals surface area contributed by atoms with Gasteiger partial charge >= 0.3 is 0 Å². The number of rotatable bonds is 4. The number of hydrogen-bond acceptors (Lipinski definition) is 4. The smallest absolute Gasteiger partial charge is 0.256 e. The zero-order valence-corrected chi connectivity index (χ0v) is 13.0. The number of anilines is 1. The summed E-state index contributed by atoms with van der Waals surface area (Å²) < 4.78 is 5.38. The van der Waals surface area contributed by atoms with Gasteiger partial charge in [0.05, 0.1) is 17.8 Å². The van der Waals surface area contributed by atoms with Crippen molar-refractivity contribution >= 4 is 23.3 Å². The predicted molar refractivity (Wildman–Crippen MR) is 87.8 cm³/mol. The highest BCUT2D eigenvalue weighted by molar-refractivity contribution is 6.33. The van der Waals surface area contributed by atoms with Gasteiger partial charge in [-0.2, -0.15) is 5.10 Å².